The SMILES string of the molecule is Cn1ccnc1CCNC(=O)c1ccc2c(c1)NCCN2. The van der Waals surface area contributed by atoms with E-state index in [0.717, 1.165) is 36.7 Å². The van der Waals surface area contributed by atoms with Gasteiger partial charge in [0.2, 0.25) is 0 Å². The Hall–Kier alpha value is -2.50. The van der Waals surface area contributed by atoms with Gasteiger partial charge in [0.05, 0.1) is 11.4 Å². The summed E-state index contributed by atoms with van der Waals surface area (Å²) >= 11 is 0. The molecule has 1 aromatic carbocycles. The number of hydrogen-bond acceptors (Lipinski definition) is 4. The van der Waals surface area contributed by atoms with Gasteiger partial charge in [-0.05, 0) is 18.2 Å². The van der Waals surface area contributed by atoms with Gasteiger partial charge in [0.25, 0.3) is 5.91 Å². The van der Waals surface area contributed by atoms with Crippen molar-refractivity contribution in [3.8, 4) is 0 Å². The number of nitrogens with zero attached hydrogens (tertiary/aromatic N) is 2. The number of rotatable bonds is 4. The lowest BCUT2D eigenvalue weighted by Gasteiger charge is -2.20. The third-order valence-electron chi connectivity index (χ3n) is 3.59. The third-order valence-corrected chi connectivity index (χ3v) is 3.59. The van der Waals surface area contributed by atoms with Crippen molar-refractivity contribution < 1.29 is 4.79 Å². The van der Waals surface area contributed by atoms with E-state index in [2.05, 4.69) is 20.9 Å². The first-order valence-corrected chi connectivity index (χ1v) is 7.10. The fraction of sp³-hybridized carbons (Fsp3) is 0.333. The Balaban J connectivity index is 1.59. The van der Waals surface area contributed by atoms with E-state index >= 15 is 0 Å². The van der Waals surface area contributed by atoms with Crippen molar-refractivity contribution in [1.29, 1.82) is 0 Å². The normalized spacial score (nSPS) is 13.0. The highest BCUT2D eigenvalue weighted by Crippen LogP contribution is 2.25. The lowest BCUT2D eigenvalue weighted by atomic mass is 10.1. The summed E-state index contributed by atoms with van der Waals surface area (Å²) in [6.07, 6.45) is 4.39. The molecule has 1 amide bonds. The number of amides is 1. The van der Waals surface area contributed by atoms with Gasteiger partial charge in [-0.3, -0.25) is 4.79 Å². The van der Waals surface area contributed by atoms with E-state index in [0.29, 0.717) is 12.1 Å². The van der Waals surface area contributed by atoms with E-state index in [-0.39, 0.29) is 5.91 Å². The van der Waals surface area contributed by atoms with Crippen LogP contribution in [0.15, 0.2) is 30.6 Å². The first kappa shape index (κ1) is 13.5. The Morgan fingerprint density at radius 2 is 2.14 bits per heavy atom. The highest BCUT2D eigenvalue weighted by Gasteiger charge is 2.12. The lowest BCUT2D eigenvalue weighted by Crippen LogP contribution is -2.27. The molecular formula is C15H19N5O. The number of fused-ring (bicyclic) bond motifs is 1. The topological polar surface area (TPSA) is 71.0 Å². The maximum atomic E-state index is 12.2. The Labute approximate surface area is 123 Å². The van der Waals surface area contributed by atoms with E-state index in [9.17, 15) is 4.79 Å². The molecule has 0 unspecified atom stereocenters. The summed E-state index contributed by atoms with van der Waals surface area (Å²) < 4.78 is 1.96. The van der Waals surface area contributed by atoms with E-state index in [4.69, 9.17) is 0 Å². The minimum Gasteiger partial charge on any atom is -0.382 e. The highest BCUT2D eigenvalue weighted by molar-refractivity contribution is 5.96. The average molecular weight is 285 g/mol. The molecule has 110 valence electrons. The van der Waals surface area contributed by atoms with Crippen molar-refractivity contribution in [2.45, 2.75) is 6.42 Å². The zero-order valence-corrected chi connectivity index (χ0v) is 12.0. The average Bonchev–Trinajstić information content (AvgIpc) is 2.92. The van der Waals surface area contributed by atoms with Crippen LogP contribution in [0.1, 0.15) is 16.2 Å². The Morgan fingerprint density at radius 1 is 1.33 bits per heavy atom. The van der Waals surface area contributed by atoms with Crippen molar-refractivity contribution in [2.24, 2.45) is 7.05 Å². The Bertz CT molecular complexity index is 649. The number of benzene rings is 1. The molecule has 0 atom stereocenters. The predicted molar refractivity (Wildman–Crippen MR) is 82.7 cm³/mol. The molecule has 0 bridgehead atoms. The standard InChI is InChI=1S/C15H19N5O/c1-20-9-8-18-14(20)4-5-19-15(21)11-2-3-12-13(10-11)17-7-6-16-12/h2-3,8-10,16-17H,4-7H2,1H3,(H,19,21). The van der Waals surface area contributed by atoms with Crippen LogP contribution in [-0.2, 0) is 13.5 Å². The smallest absolute Gasteiger partial charge is 0.251 e. The summed E-state index contributed by atoms with van der Waals surface area (Å²) in [7, 11) is 1.95. The molecule has 0 saturated heterocycles. The van der Waals surface area contributed by atoms with Gasteiger partial charge in [-0.25, -0.2) is 4.98 Å². The molecule has 21 heavy (non-hydrogen) atoms. The number of aryl methyl sites for hydroxylation is 1. The zero-order valence-electron chi connectivity index (χ0n) is 12.0. The van der Waals surface area contributed by atoms with Crippen LogP contribution in [0, 0.1) is 0 Å². The molecule has 2 heterocycles. The number of nitrogens with one attached hydrogen (secondary N) is 3. The van der Waals surface area contributed by atoms with E-state index in [1.807, 2.05) is 36.0 Å². The van der Waals surface area contributed by atoms with Crippen molar-refractivity contribution in [3.63, 3.8) is 0 Å². The van der Waals surface area contributed by atoms with Gasteiger partial charge in [0.1, 0.15) is 5.82 Å². The van der Waals surface area contributed by atoms with Crippen molar-refractivity contribution in [1.82, 2.24) is 14.9 Å². The second-order valence-electron chi connectivity index (χ2n) is 5.07. The van der Waals surface area contributed by atoms with Crippen LogP contribution in [0.2, 0.25) is 0 Å². The molecule has 0 fully saturated rings. The monoisotopic (exact) mass is 285 g/mol. The molecule has 2 aromatic rings. The third kappa shape index (κ3) is 2.99. The minimum absolute atomic E-state index is 0.0561. The van der Waals surface area contributed by atoms with Crippen LogP contribution in [0.3, 0.4) is 0 Å². The molecule has 6 heteroatoms. The van der Waals surface area contributed by atoms with Gasteiger partial charge < -0.3 is 20.5 Å². The quantitative estimate of drug-likeness (QED) is 0.790. The first-order chi connectivity index (χ1) is 10.2. The molecule has 0 aliphatic carbocycles. The van der Waals surface area contributed by atoms with Gasteiger partial charge in [0.15, 0.2) is 0 Å². The van der Waals surface area contributed by atoms with Crippen LogP contribution in [0.5, 0.6) is 0 Å². The van der Waals surface area contributed by atoms with Crippen molar-refractivity contribution >= 4 is 17.3 Å². The number of aromatic nitrogens is 2. The summed E-state index contributed by atoms with van der Waals surface area (Å²) in [6.45, 7) is 2.35. The number of imidazole rings is 1. The fourth-order valence-electron chi connectivity index (χ4n) is 2.41. The largest absolute Gasteiger partial charge is 0.382 e. The maximum absolute atomic E-state index is 12.2. The summed E-state index contributed by atoms with van der Waals surface area (Å²) in [5.41, 5.74) is 2.70. The molecule has 1 aliphatic heterocycles. The van der Waals surface area contributed by atoms with Crippen LogP contribution < -0.4 is 16.0 Å². The van der Waals surface area contributed by atoms with Crippen LogP contribution in [-0.4, -0.2) is 35.1 Å². The van der Waals surface area contributed by atoms with Crippen molar-refractivity contribution in [3.05, 3.63) is 42.0 Å². The molecule has 0 radical (unpaired) electrons. The number of anilines is 2. The number of hydrogen-bond donors (Lipinski definition) is 3. The Morgan fingerprint density at radius 3 is 2.90 bits per heavy atom. The molecule has 0 spiro atoms. The lowest BCUT2D eigenvalue weighted by molar-refractivity contribution is 0.0954. The minimum atomic E-state index is -0.0561. The molecule has 6 nitrogen and oxygen atoms in total. The molecular weight excluding hydrogens is 266 g/mol. The maximum Gasteiger partial charge on any atom is 0.251 e. The summed E-state index contributed by atoms with van der Waals surface area (Å²) in [4.78, 5) is 16.4. The van der Waals surface area contributed by atoms with E-state index in [1.165, 1.54) is 0 Å². The van der Waals surface area contributed by atoms with Crippen LogP contribution in [0.4, 0.5) is 11.4 Å². The predicted octanol–water partition coefficient (Wildman–Crippen LogP) is 1.23. The molecule has 3 N–H and O–H groups in total. The molecule has 0 saturated carbocycles. The second kappa shape index (κ2) is 5.87. The summed E-state index contributed by atoms with van der Waals surface area (Å²) in [5.74, 6) is 0.908. The van der Waals surface area contributed by atoms with Gasteiger partial charge >= 0.3 is 0 Å². The molecule has 3 rings (SSSR count). The van der Waals surface area contributed by atoms with E-state index < -0.39 is 0 Å². The van der Waals surface area contributed by atoms with Gasteiger partial charge in [-0.1, -0.05) is 0 Å². The second-order valence-corrected chi connectivity index (χ2v) is 5.07. The number of carbonyl (C=O) groups is 1. The van der Waals surface area contributed by atoms with Gasteiger partial charge in [-0.15, -0.1) is 0 Å². The van der Waals surface area contributed by atoms with Gasteiger partial charge in [-0.2, -0.15) is 0 Å². The zero-order chi connectivity index (χ0) is 14.7. The summed E-state index contributed by atoms with van der Waals surface area (Å²) in [5, 5.41) is 9.51. The Kier molecular flexibility index (Phi) is 3.77. The van der Waals surface area contributed by atoms with Gasteiger partial charge in [0, 0.05) is 51.1 Å². The highest BCUT2D eigenvalue weighted by atomic mass is 16.1. The first-order valence-electron chi connectivity index (χ1n) is 7.10. The number of carbonyl (C=O) groups excluding carboxylic acids is 1. The fourth-order valence-corrected chi connectivity index (χ4v) is 2.41. The van der Waals surface area contributed by atoms with Crippen LogP contribution in [0.25, 0.3) is 0 Å². The summed E-state index contributed by atoms with van der Waals surface area (Å²) in [6, 6.07) is 5.67. The van der Waals surface area contributed by atoms with E-state index in [1.54, 1.807) is 6.20 Å². The van der Waals surface area contributed by atoms with Crippen molar-refractivity contribution in [2.75, 3.05) is 30.3 Å². The van der Waals surface area contributed by atoms with Crippen LogP contribution >= 0.6 is 0 Å². The molecule has 1 aromatic heterocycles. The molecule has 1 aliphatic rings.